The number of anilines is 1. The number of carbonyl (C=O) groups is 1. The van der Waals surface area contributed by atoms with Gasteiger partial charge in [0.25, 0.3) is 0 Å². The number of ether oxygens (including phenoxy) is 1. The number of amides is 1. The van der Waals surface area contributed by atoms with Gasteiger partial charge in [-0.2, -0.15) is 5.10 Å². The average molecular weight is 459 g/mol. The van der Waals surface area contributed by atoms with Gasteiger partial charge in [0, 0.05) is 51.0 Å². The molecule has 3 fully saturated rings. The van der Waals surface area contributed by atoms with Gasteiger partial charge in [0.15, 0.2) is 0 Å². The number of carbonyl (C=O) groups excluding carboxylic acids is 1. The van der Waals surface area contributed by atoms with E-state index in [-0.39, 0.29) is 17.8 Å². The van der Waals surface area contributed by atoms with Crippen LogP contribution in [0.2, 0.25) is 0 Å². The number of benzene rings is 1. The fourth-order valence-electron chi connectivity index (χ4n) is 5.32. The van der Waals surface area contributed by atoms with Crippen LogP contribution in [0.5, 0.6) is 0 Å². The molecule has 3 aliphatic rings. The minimum absolute atomic E-state index is 0.0502. The molecular weight excluding hydrogens is 426 g/mol. The molecule has 1 aromatic heterocycles. The first-order valence-corrected chi connectivity index (χ1v) is 12.3. The maximum absolute atomic E-state index is 15.1. The number of halogens is 2. The second-order valence-corrected chi connectivity index (χ2v) is 9.55. The summed E-state index contributed by atoms with van der Waals surface area (Å²) in [4.78, 5) is 15.9. The Balaban J connectivity index is 1.24. The van der Waals surface area contributed by atoms with Gasteiger partial charge < -0.3 is 14.5 Å². The average Bonchev–Trinajstić information content (AvgIpc) is 3.32. The molecule has 3 aliphatic heterocycles. The molecule has 0 radical (unpaired) electrons. The number of hydrogen-bond donors (Lipinski definition) is 0. The Morgan fingerprint density at radius 1 is 0.970 bits per heavy atom. The highest BCUT2D eigenvalue weighted by atomic mass is 19.1. The highest BCUT2D eigenvalue weighted by Crippen LogP contribution is 2.33. The SMILES string of the molecule is O=C1CCCCN1CC1CCN(c2c(F)cc(-c3cnn(C4CCCCO4)c3)cc2F)CC1. The van der Waals surface area contributed by atoms with Crippen molar-refractivity contribution in [3.63, 3.8) is 0 Å². The van der Waals surface area contributed by atoms with E-state index in [4.69, 9.17) is 4.74 Å². The van der Waals surface area contributed by atoms with Crippen molar-refractivity contribution in [3.05, 3.63) is 36.2 Å². The molecule has 0 N–H and O–H groups in total. The first-order chi connectivity index (χ1) is 16.1. The van der Waals surface area contributed by atoms with E-state index < -0.39 is 11.6 Å². The minimum atomic E-state index is -0.545. The lowest BCUT2D eigenvalue weighted by Gasteiger charge is -2.37. The van der Waals surface area contributed by atoms with Crippen LogP contribution in [0.25, 0.3) is 11.1 Å². The highest BCUT2D eigenvalue weighted by molar-refractivity contribution is 5.76. The van der Waals surface area contributed by atoms with Crippen LogP contribution in [-0.4, -0.2) is 53.4 Å². The van der Waals surface area contributed by atoms with Crippen LogP contribution < -0.4 is 4.90 Å². The fourth-order valence-corrected chi connectivity index (χ4v) is 5.32. The van der Waals surface area contributed by atoms with Gasteiger partial charge in [-0.05, 0) is 68.6 Å². The second kappa shape index (κ2) is 9.79. The van der Waals surface area contributed by atoms with Gasteiger partial charge >= 0.3 is 0 Å². The van der Waals surface area contributed by atoms with E-state index in [1.165, 1.54) is 12.1 Å². The topological polar surface area (TPSA) is 50.6 Å². The summed E-state index contributed by atoms with van der Waals surface area (Å²) < 4.78 is 37.6. The standard InChI is InChI=1S/C25H32F2N4O2/c26-21-13-19(20-15-28-31(17-20)24-6-2-4-12-33-24)14-22(27)25(21)29-10-7-18(8-11-29)16-30-9-3-1-5-23(30)32/h13-15,17-18,24H,1-12,16H2. The molecule has 0 bridgehead atoms. The van der Waals surface area contributed by atoms with Crippen molar-refractivity contribution in [2.24, 2.45) is 5.92 Å². The third kappa shape index (κ3) is 4.90. The third-order valence-corrected chi connectivity index (χ3v) is 7.23. The van der Waals surface area contributed by atoms with Gasteiger partial charge in [0.1, 0.15) is 23.5 Å². The molecule has 0 spiro atoms. The molecule has 5 rings (SSSR count). The molecule has 6 nitrogen and oxygen atoms in total. The number of hydrogen-bond acceptors (Lipinski definition) is 4. The van der Waals surface area contributed by atoms with Crippen molar-refractivity contribution in [3.8, 4) is 11.1 Å². The lowest BCUT2D eigenvalue weighted by molar-refractivity contribution is -0.134. The Morgan fingerprint density at radius 3 is 2.45 bits per heavy atom. The summed E-state index contributed by atoms with van der Waals surface area (Å²) in [6.45, 7) is 3.51. The molecule has 0 aliphatic carbocycles. The predicted molar refractivity (Wildman–Crippen MR) is 122 cm³/mol. The Morgan fingerprint density at radius 2 is 1.76 bits per heavy atom. The van der Waals surface area contributed by atoms with Crippen LogP contribution in [0, 0.1) is 17.6 Å². The number of aromatic nitrogens is 2. The second-order valence-electron chi connectivity index (χ2n) is 9.55. The summed E-state index contributed by atoms with van der Waals surface area (Å²) in [5.41, 5.74) is 1.21. The lowest BCUT2D eigenvalue weighted by atomic mass is 9.94. The van der Waals surface area contributed by atoms with Crippen molar-refractivity contribution in [2.75, 3.05) is 37.7 Å². The maximum atomic E-state index is 15.1. The van der Waals surface area contributed by atoms with Gasteiger partial charge in [0.05, 0.1) is 6.20 Å². The quantitative estimate of drug-likeness (QED) is 0.649. The highest BCUT2D eigenvalue weighted by Gasteiger charge is 2.28. The molecule has 1 unspecified atom stereocenters. The third-order valence-electron chi connectivity index (χ3n) is 7.23. The van der Waals surface area contributed by atoms with E-state index in [1.807, 2.05) is 9.80 Å². The van der Waals surface area contributed by atoms with Crippen LogP contribution in [-0.2, 0) is 9.53 Å². The van der Waals surface area contributed by atoms with Gasteiger partial charge in [0.2, 0.25) is 5.91 Å². The van der Waals surface area contributed by atoms with Crippen LogP contribution in [0.3, 0.4) is 0 Å². The molecule has 2 aromatic rings. The first-order valence-electron chi connectivity index (χ1n) is 12.3. The van der Waals surface area contributed by atoms with Crippen LogP contribution in [0.4, 0.5) is 14.5 Å². The largest absolute Gasteiger partial charge is 0.367 e. The smallest absolute Gasteiger partial charge is 0.222 e. The zero-order valence-electron chi connectivity index (χ0n) is 19.0. The summed E-state index contributed by atoms with van der Waals surface area (Å²) in [5.74, 6) is -0.455. The fraction of sp³-hybridized carbons (Fsp3) is 0.600. The van der Waals surface area contributed by atoms with E-state index in [2.05, 4.69) is 5.10 Å². The summed E-state index contributed by atoms with van der Waals surface area (Å²) in [6, 6.07) is 2.81. The molecule has 33 heavy (non-hydrogen) atoms. The minimum Gasteiger partial charge on any atom is -0.367 e. The number of rotatable bonds is 5. The van der Waals surface area contributed by atoms with Gasteiger partial charge in [-0.1, -0.05) is 0 Å². The zero-order valence-corrected chi connectivity index (χ0v) is 19.0. The van der Waals surface area contributed by atoms with E-state index in [1.54, 1.807) is 17.1 Å². The van der Waals surface area contributed by atoms with Crippen molar-refractivity contribution in [1.82, 2.24) is 14.7 Å². The summed E-state index contributed by atoms with van der Waals surface area (Å²) in [6.07, 6.45) is 10.7. The van der Waals surface area contributed by atoms with Crippen molar-refractivity contribution in [2.45, 2.75) is 57.6 Å². The molecule has 3 saturated heterocycles. The molecule has 4 heterocycles. The number of likely N-dealkylation sites (tertiary alicyclic amines) is 1. The monoisotopic (exact) mass is 458 g/mol. The Bertz CT molecular complexity index is 958. The zero-order chi connectivity index (χ0) is 22.8. The molecule has 0 saturated carbocycles. The normalized spacial score (nSPS) is 22.7. The Hall–Kier alpha value is -2.48. The maximum Gasteiger partial charge on any atom is 0.222 e. The van der Waals surface area contributed by atoms with Crippen molar-refractivity contribution >= 4 is 11.6 Å². The molecular formula is C25H32F2N4O2. The van der Waals surface area contributed by atoms with Gasteiger partial charge in [-0.25, -0.2) is 13.5 Å². The summed E-state index contributed by atoms with van der Waals surface area (Å²) in [7, 11) is 0. The van der Waals surface area contributed by atoms with Crippen LogP contribution >= 0.6 is 0 Å². The van der Waals surface area contributed by atoms with Gasteiger partial charge in [-0.3, -0.25) is 4.79 Å². The Labute approximate surface area is 193 Å². The predicted octanol–water partition coefficient (Wildman–Crippen LogP) is 4.76. The van der Waals surface area contributed by atoms with E-state index in [0.29, 0.717) is 43.2 Å². The summed E-state index contributed by atoms with van der Waals surface area (Å²) in [5, 5.41) is 4.36. The summed E-state index contributed by atoms with van der Waals surface area (Å²) >= 11 is 0. The van der Waals surface area contributed by atoms with E-state index >= 15 is 8.78 Å². The molecule has 178 valence electrons. The molecule has 1 atom stereocenters. The van der Waals surface area contributed by atoms with E-state index in [9.17, 15) is 4.79 Å². The van der Waals surface area contributed by atoms with Crippen LogP contribution in [0.15, 0.2) is 24.5 Å². The molecule has 1 aromatic carbocycles. The van der Waals surface area contributed by atoms with Crippen molar-refractivity contribution in [1.29, 1.82) is 0 Å². The lowest BCUT2D eigenvalue weighted by Crippen LogP contribution is -2.43. The number of piperidine rings is 2. The first kappa shape index (κ1) is 22.3. The molecule has 8 heteroatoms. The Kier molecular flexibility index (Phi) is 6.62. The number of nitrogens with zero attached hydrogens (tertiary/aromatic N) is 4. The molecule has 1 amide bonds. The van der Waals surface area contributed by atoms with Crippen molar-refractivity contribution < 1.29 is 18.3 Å². The van der Waals surface area contributed by atoms with Crippen LogP contribution in [0.1, 0.15) is 57.6 Å². The van der Waals surface area contributed by atoms with Gasteiger partial charge in [-0.15, -0.1) is 0 Å². The van der Waals surface area contributed by atoms with E-state index in [0.717, 1.165) is 58.0 Å².